The predicted octanol–water partition coefficient (Wildman–Crippen LogP) is 0.957. The van der Waals surface area contributed by atoms with Crippen LogP contribution in [0.5, 0.6) is 0 Å². The zero-order chi connectivity index (χ0) is 16.8. The van der Waals surface area contributed by atoms with E-state index in [1.807, 2.05) is 6.55 Å². The Morgan fingerprint density at radius 2 is 1.32 bits per heavy atom. The molecular weight excluding hydrogens is 373 g/mol. The van der Waals surface area contributed by atoms with E-state index in [2.05, 4.69) is 19.6 Å². The van der Waals surface area contributed by atoms with Crippen LogP contribution in [0.25, 0.3) is 0 Å². The molecule has 0 spiro atoms. The van der Waals surface area contributed by atoms with E-state index in [0.717, 1.165) is 18.5 Å². The minimum absolute atomic E-state index is 0.755. The quantitative estimate of drug-likeness (QED) is 0.588. The van der Waals surface area contributed by atoms with Gasteiger partial charge < -0.3 is 29.7 Å². The van der Waals surface area contributed by atoms with Crippen LogP contribution in [0.1, 0.15) is 6.42 Å². The molecule has 0 amide bonds. The molecule has 1 saturated heterocycles. The summed E-state index contributed by atoms with van der Waals surface area (Å²) in [5, 5.41) is 0. The van der Waals surface area contributed by atoms with Crippen LogP contribution in [-0.2, 0) is 29.7 Å². The van der Waals surface area contributed by atoms with Gasteiger partial charge in [-0.05, 0) is 38.7 Å². The summed E-state index contributed by atoms with van der Waals surface area (Å²) in [4.78, 5) is 0. The highest BCUT2D eigenvalue weighted by molar-refractivity contribution is 6.81. The maximum absolute atomic E-state index is 6.25. The van der Waals surface area contributed by atoms with Gasteiger partial charge in [0.05, 0.1) is 0 Å². The van der Waals surface area contributed by atoms with Crippen molar-refractivity contribution < 1.29 is 29.7 Å². The first-order valence-electron chi connectivity index (χ1n) is 7.60. The Bertz CT molecular complexity index is 311. The molecule has 2 unspecified atom stereocenters. The minimum atomic E-state index is -2.52. The number of rotatable bonds is 7. The summed E-state index contributed by atoms with van der Waals surface area (Å²) in [5.74, 6) is 0. The van der Waals surface area contributed by atoms with Crippen LogP contribution in [0, 0.1) is 0 Å². The second-order valence-corrected chi connectivity index (χ2v) is 18.8. The molecule has 0 N–H and O–H groups in total. The van der Waals surface area contributed by atoms with Gasteiger partial charge in [-0.3, -0.25) is 0 Å². The van der Waals surface area contributed by atoms with Gasteiger partial charge in [0, 0.05) is 27.4 Å². The lowest BCUT2D eigenvalue weighted by Crippen LogP contribution is -2.53. The molecule has 1 aliphatic rings. The van der Waals surface area contributed by atoms with Crippen molar-refractivity contribution >= 4 is 45.2 Å². The van der Waals surface area contributed by atoms with Crippen LogP contribution in [0.2, 0.25) is 38.3 Å². The van der Waals surface area contributed by atoms with Gasteiger partial charge in [-0.15, -0.1) is 0 Å². The monoisotopic (exact) mass is 402 g/mol. The molecule has 0 bridgehead atoms. The Balaban J connectivity index is 2.60. The van der Waals surface area contributed by atoms with Crippen molar-refractivity contribution in [3.63, 3.8) is 0 Å². The SMILES string of the molecule is CO[Si](CCC[Si]1(C)O[SiH](C)O[SiH](C)O[SiH](C)O1)(OC)OC. The first-order valence-corrected chi connectivity index (χ1v) is 18.3. The van der Waals surface area contributed by atoms with E-state index in [1.54, 1.807) is 21.3 Å². The largest absolute Gasteiger partial charge is 0.500 e. The van der Waals surface area contributed by atoms with Gasteiger partial charge in [0.25, 0.3) is 27.9 Å². The molecular formula is C10H30O7Si5. The fraction of sp³-hybridized carbons (Fsp3) is 1.00. The van der Waals surface area contributed by atoms with Crippen molar-refractivity contribution in [1.29, 1.82) is 0 Å². The molecule has 1 rings (SSSR count). The summed E-state index contributed by atoms with van der Waals surface area (Å²) in [5.41, 5.74) is 0. The first-order chi connectivity index (χ1) is 10.3. The summed E-state index contributed by atoms with van der Waals surface area (Å²) in [6, 6.07) is 1.62. The van der Waals surface area contributed by atoms with Crippen molar-refractivity contribution in [1.82, 2.24) is 0 Å². The molecule has 0 aromatic rings. The lowest BCUT2D eigenvalue weighted by molar-refractivity contribution is 0.123. The fourth-order valence-corrected chi connectivity index (χ4v) is 19.4. The van der Waals surface area contributed by atoms with E-state index in [-0.39, 0.29) is 0 Å². The molecule has 12 heteroatoms. The van der Waals surface area contributed by atoms with Crippen LogP contribution in [0.4, 0.5) is 0 Å². The zero-order valence-electron chi connectivity index (χ0n) is 14.7. The van der Waals surface area contributed by atoms with Crippen LogP contribution < -0.4 is 0 Å². The highest BCUT2D eigenvalue weighted by Gasteiger charge is 2.42. The van der Waals surface area contributed by atoms with Crippen LogP contribution in [0.3, 0.4) is 0 Å². The summed E-state index contributed by atoms with van der Waals surface area (Å²) < 4.78 is 40.7. The maximum atomic E-state index is 6.25. The first kappa shape index (κ1) is 20.8. The zero-order valence-corrected chi connectivity index (χ0v) is 20.2. The van der Waals surface area contributed by atoms with Crippen molar-refractivity contribution in [3.8, 4) is 0 Å². The average molecular weight is 403 g/mol. The molecule has 0 radical (unpaired) electrons. The van der Waals surface area contributed by atoms with Crippen molar-refractivity contribution in [2.75, 3.05) is 21.3 Å². The van der Waals surface area contributed by atoms with Crippen molar-refractivity contribution in [3.05, 3.63) is 0 Å². The molecule has 0 aromatic heterocycles. The molecule has 0 aromatic carbocycles. The molecule has 0 aliphatic carbocycles. The summed E-state index contributed by atoms with van der Waals surface area (Å²) in [6.07, 6.45) is 0.889. The smallest absolute Gasteiger partial charge is 0.420 e. The Labute approximate surface area is 141 Å². The summed E-state index contributed by atoms with van der Waals surface area (Å²) >= 11 is 0. The highest BCUT2D eigenvalue weighted by Crippen LogP contribution is 2.25. The van der Waals surface area contributed by atoms with Crippen LogP contribution in [-0.4, -0.2) is 66.5 Å². The van der Waals surface area contributed by atoms with Gasteiger partial charge in [-0.1, -0.05) is 0 Å². The summed E-state index contributed by atoms with van der Waals surface area (Å²) in [7, 11) is -4.79. The van der Waals surface area contributed by atoms with E-state index in [0.29, 0.717) is 0 Å². The Hall–Kier alpha value is 0.804. The van der Waals surface area contributed by atoms with Crippen molar-refractivity contribution in [2.45, 2.75) is 44.7 Å². The third-order valence-electron chi connectivity index (χ3n) is 3.64. The fourth-order valence-electron chi connectivity index (χ4n) is 2.66. The molecule has 7 nitrogen and oxygen atoms in total. The Morgan fingerprint density at radius 3 is 1.73 bits per heavy atom. The van der Waals surface area contributed by atoms with Gasteiger partial charge in [0.15, 0.2) is 0 Å². The van der Waals surface area contributed by atoms with E-state index in [9.17, 15) is 0 Å². The van der Waals surface area contributed by atoms with E-state index in [1.165, 1.54) is 0 Å². The van der Waals surface area contributed by atoms with E-state index in [4.69, 9.17) is 29.7 Å². The lowest BCUT2D eigenvalue weighted by Gasteiger charge is -2.37. The predicted molar refractivity (Wildman–Crippen MR) is 96.0 cm³/mol. The molecule has 22 heavy (non-hydrogen) atoms. The minimum Gasteiger partial charge on any atom is -0.420 e. The Kier molecular flexibility index (Phi) is 8.84. The molecule has 132 valence electrons. The van der Waals surface area contributed by atoms with Crippen LogP contribution >= 0.6 is 0 Å². The summed E-state index contributed by atoms with van der Waals surface area (Å²) in [6.45, 7) is 8.26. The molecule has 2 atom stereocenters. The van der Waals surface area contributed by atoms with Gasteiger partial charge in [-0.2, -0.15) is 0 Å². The van der Waals surface area contributed by atoms with Gasteiger partial charge in [0.1, 0.15) is 0 Å². The maximum Gasteiger partial charge on any atom is 0.500 e. The molecule has 1 fully saturated rings. The highest BCUT2D eigenvalue weighted by atomic mass is 28.5. The number of hydrogen-bond acceptors (Lipinski definition) is 7. The second kappa shape index (κ2) is 9.33. The third kappa shape index (κ3) is 6.37. The van der Waals surface area contributed by atoms with E-state index < -0.39 is 45.2 Å². The molecule has 0 saturated carbocycles. The second-order valence-electron chi connectivity index (χ2n) is 5.49. The molecule has 1 aliphatic heterocycles. The lowest BCUT2D eigenvalue weighted by atomic mass is 10.6. The topological polar surface area (TPSA) is 64.6 Å². The molecule has 1 heterocycles. The third-order valence-corrected chi connectivity index (χ3v) is 20.5. The van der Waals surface area contributed by atoms with Crippen molar-refractivity contribution in [2.24, 2.45) is 0 Å². The van der Waals surface area contributed by atoms with Gasteiger partial charge in [0.2, 0.25) is 0 Å². The standard InChI is InChI=1S/C10H30O7Si5/c1-11-22(12-2,13-3)10-8-9-21(7)16-19(5)14-18(4)15-20(6)17-21/h18-20H,8-10H2,1-7H3. The normalized spacial score (nSPS) is 34.2. The van der Waals surface area contributed by atoms with E-state index >= 15 is 0 Å². The van der Waals surface area contributed by atoms with Gasteiger partial charge in [-0.25, -0.2) is 0 Å². The number of hydrogen-bond donors (Lipinski definition) is 0. The average Bonchev–Trinajstić information content (AvgIpc) is 2.42. The van der Waals surface area contributed by atoms with Gasteiger partial charge >= 0.3 is 17.4 Å². The van der Waals surface area contributed by atoms with Crippen LogP contribution in [0.15, 0.2) is 0 Å². The Morgan fingerprint density at radius 1 is 0.864 bits per heavy atom.